The molecule has 0 spiro atoms. The molecule has 0 aromatic carbocycles. The summed E-state index contributed by atoms with van der Waals surface area (Å²) in [6, 6.07) is 4.29. The predicted molar refractivity (Wildman–Crippen MR) is 78.9 cm³/mol. The van der Waals surface area contributed by atoms with Gasteiger partial charge < -0.3 is 19.9 Å². The summed E-state index contributed by atoms with van der Waals surface area (Å²) in [6.07, 6.45) is 4.17. The number of rotatable bonds is 6. The van der Waals surface area contributed by atoms with Crippen molar-refractivity contribution in [2.24, 2.45) is 5.92 Å². The van der Waals surface area contributed by atoms with Gasteiger partial charge in [0.1, 0.15) is 5.69 Å². The van der Waals surface area contributed by atoms with E-state index < -0.39 is 0 Å². The van der Waals surface area contributed by atoms with Gasteiger partial charge in [0, 0.05) is 25.9 Å². The lowest BCUT2D eigenvalue weighted by Gasteiger charge is -2.26. The van der Waals surface area contributed by atoms with E-state index in [-0.39, 0.29) is 5.91 Å². The van der Waals surface area contributed by atoms with Gasteiger partial charge >= 0.3 is 0 Å². The Labute approximate surface area is 120 Å². The van der Waals surface area contributed by atoms with E-state index in [2.05, 4.69) is 22.1 Å². The Bertz CT molecular complexity index is 425. The molecule has 1 saturated heterocycles. The highest BCUT2D eigenvalue weighted by molar-refractivity contribution is 5.92. The van der Waals surface area contributed by atoms with Crippen molar-refractivity contribution in [1.29, 1.82) is 0 Å². The summed E-state index contributed by atoms with van der Waals surface area (Å²) in [7, 11) is 1.68. The molecule has 0 radical (unpaired) electrons. The maximum absolute atomic E-state index is 12.3. The first-order valence-electron chi connectivity index (χ1n) is 7.37. The number of amides is 1. The molecule has 1 fully saturated rings. The molecule has 1 aliphatic rings. The van der Waals surface area contributed by atoms with Crippen molar-refractivity contribution in [3.63, 3.8) is 0 Å². The second-order valence-corrected chi connectivity index (χ2v) is 5.55. The van der Waals surface area contributed by atoms with E-state index in [0.717, 1.165) is 31.6 Å². The fourth-order valence-corrected chi connectivity index (χ4v) is 2.69. The second kappa shape index (κ2) is 7.45. The van der Waals surface area contributed by atoms with E-state index in [4.69, 9.17) is 4.74 Å². The number of carbonyl (C=O) groups is 1. The minimum absolute atomic E-state index is 0.0106. The van der Waals surface area contributed by atoms with Crippen LogP contribution >= 0.6 is 0 Å². The Morgan fingerprint density at radius 1 is 1.55 bits per heavy atom. The van der Waals surface area contributed by atoms with Crippen molar-refractivity contribution in [2.45, 2.75) is 25.8 Å². The van der Waals surface area contributed by atoms with Crippen LogP contribution in [0.4, 0.5) is 0 Å². The first-order valence-corrected chi connectivity index (χ1v) is 7.37. The largest absolute Gasteiger partial charge is 0.384 e. The number of carbonyl (C=O) groups excluding carboxylic acids is 1. The maximum atomic E-state index is 12.3. The highest BCUT2D eigenvalue weighted by atomic mass is 16.5. The zero-order chi connectivity index (χ0) is 14.4. The molecule has 0 bridgehead atoms. The van der Waals surface area contributed by atoms with Gasteiger partial charge in [-0.05, 0) is 44.0 Å². The van der Waals surface area contributed by atoms with Gasteiger partial charge in [0.15, 0.2) is 0 Å². The molecule has 0 saturated carbocycles. The van der Waals surface area contributed by atoms with Crippen LogP contribution in [-0.4, -0.2) is 43.8 Å². The fourth-order valence-electron chi connectivity index (χ4n) is 2.69. The number of piperidine rings is 1. The summed E-state index contributed by atoms with van der Waals surface area (Å²) >= 11 is 0. The van der Waals surface area contributed by atoms with Crippen molar-refractivity contribution in [3.05, 3.63) is 24.0 Å². The molecule has 5 heteroatoms. The highest BCUT2D eigenvalue weighted by Crippen LogP contribution is 2.21. The van der Waals surface area contributed by atoms with Gasteiger partial charge in [-0.15, -0.1) is 0 Å². The quantitative estimate of drug-likeness (QED) is 0.828. The first kappa shape index (κ1) is 15.1. The van der Waals surface area contributed by atoms with Crippen LogP contribution in [0.15, 0.2) is 18.3 Å². The SMILES string of the molecule is COCC(C)CNC(=O)c1cccn1C1CCNCC1. The van der Waals surface area contributed by atoms with Crippen molar-refractivity contribution < 1.29 is 9.53 Å². The lowest BCUT2D eigenvalue weighted by Crippen LogP contribution is -2.34. The monoisotopic (exact) mass is 279 g/mol. The lowest BCUT2D eigenvalue weighted by molar-refractivity contribution is 0.0921. The molecule has 5 nitrogen and oxygen atoms in total. The Hall–Kier alpha value is -1.33. The van der Waals surface area contributed by atoms with E-state index in [1.165, 1.54) is 0 Å². The van der Waals surface area contributed by atoms with Crippen LogP contribution < -0.4 is 10.6 Å². The number of hydrogen-bond acceptors (Lipinski definition) is 3. The van der Waals surface area contributed by atoms with E-state index in [9.17, 15) is 4.79 Å². The molecule has 1 amide bonds. The smallest absolute Gasteiger partial charge is 0.267 e. The highest BCUT2D eigenvalue weighted by Gasteiger charge is 2.19. The molecular weight excluding hydrogens is 254 g/mol. The summed E-state index contributed by atoms with van der Waals surface area (Å²) in [5, 5.41) is 6.35. The van der Waals surface area contributed by atoms with Crippen molar-refractivity contribution in [2.75, 3.05) is 33.4 Å². The van der Waals surface area contributed by atoms with Crippen molar-refractivity contribution >= 4 is 5.91 Å². The summed E-state index contributed by atoms with van der Waals surface area (Å²) in [6.45, 7) is 5.42. The number of ether oxygens (including phenoxy) is 1. The third-order valence-corrected chi connectivity index (χ3v) is 3.78. The van der Waals surface area contributed by atoms with E-state index in [1.54, 1.807) is 7.11 Å². The van der Waals surface area contributed by atoms with Gasteiger partial charge in [0.05, 0.1) is 6.61 Å². The van der Waals surface area contributed by atoms with Gasteiger partial charge in [-0.2, -0.15) is 0 Å². The van der Waals surface area contributed by atoms with E-state index in [0.29, 0.717) is 25.1 Å². The number of nitrogens with one attached hydrogen (secondary N) is 2. The van der Waals surface area contributed by atoms with Crippen LogP contribution in [0, 0.1) is 5.92 Å². The third kappa shape index (κ3) is 3.84. The minimum atomic E-state index is 0.0106. The van der Waals surface area contributed by atoms with Gasteiger partial charge in [-0.1, -0.05) is 6.92 Å². The normalized spacial score (nSPS) is 17.9. The zero-order valence-corrected chi connectivity index (χ0v) is 12.4. The summed E-state index contributed by atoms with van der Waals surface area (Å²) in [5.74, 6) is 0.336. The van der Waals surface area contributed by atoms with Gasteiger partial charge in [0.25, 0.3) is 5.91 Å². The molecule has 20 heavy (non-hydrogen) atoms. The molecule has 1 aromatic heterocycles. The zero-order valence-electron chi connectivity index (χ0n) is 12.4. The van der Waals surface area contributed by atoms with Crippen LogP contribution in [0.5, 0.6) is 0 Å². The molecule has 2 N–H and O–H groups in total. The average molecular weight is 279 g/mol. The molecule has 2 heterocycles. The standard InChI is InChI=1S/C15H25N3O2/c1-12(11-20-2)10-17-15(19)14-4-3-9-18(14)13-5-7-16-8-6-13/h3-4,9,12-13,16H,5-8,10-11H2,1-2H3,(H,17,19). The van der Waals surface area contributed by atoms with Crippen LogP contribution in [0.2, 0.25) is 0 Å². The third-order valence-electron chi connectivity index (χ3n) is 3.78. The van der Waals surface area contributed by atoms with Crippen LogP contribution in [-0.2, 0) is 4.74 Å². The number of hydrogen-bond donors (Lipinski definition) is 2. The van der Waals surface area contributed by atoms with Gasteiger partial charge in [-0.25, -0.2) is 0 Å². The van der Waals surface area contributed by atoms with Crippen LogP contribution in [0.25, 0.3) is 0 Å². The molecule has 1 atom stereocenters. The molecule has 112 valence electrons. The first-order chi connectivity index (χ1) is 9.72. The Morgan fingerprint density at radius 2 is 2.30 bits per heavy atom. The molecule has 0 aliphatic carbocycles. The molecular formula is C15H25N3O2. The van der Waals surface area contributed by atoms with Crippen LogP contribution in [0.1, 0.15) is 36.3 Å². The van der Waals surface area contributed by atoms with E-state index >= 15 is 0 Å². The molecule has 1 aliphatic heterocycles. The number of aromatic nitrogens is 1. The van der Waals surface area contributed by atoms with Crippen molar-refractivity contribution in [3.8, 4) is 0 Å². The maximum Gasteiger partial charge on any atom is 0.267 e. The predicted octanol–water partition coefficient (Wildman–Crippen LogP) is 1.42. The summed E-state index contributed by atoms with van der Waals surface area (Å²) in [4.78, 5) is 12.3. The summed E-state index contributed by atoms with van der Waals surface area (Å²) in [5.41, 5.74) is 0.765. The van der Waals surface area contributed by atoms with Gasteiger partial charge in [-0.3, -0.25) is 4.79 Å². The van der Waals surface area contributed by atoms with E-state index in [1.807, 2.05) is 18.3 Å². The Morgan fingerprint density at radius 3 is 3.00 bits per heavy atom. The minimum Gasteiger partial charge on any atom is -0.384 e. The Balaban J connectivity index is 1.94. The van der Waals surface area contributed by atoms with Crippen LogP contribution in [0.3, 0.4) is 0 Å². The molecule has 2 rings (SSSR count). The van der Waals surface area contributed by atoms with Crippen molar-refractivity contribution in [1.82, 2.24) is 15.2 Å². The number of nitrogens with zero attached hydrogens (tertiary/aromatic N) is 1. The van der Waals surface area contributed by atoms with Gasteiger partial charge in [0.2, 0.25) is 0 Å². The second-order valence-electron chi connectivity index (χ2n) is 5.55. The lowest BCUT2D eigenvalue weighted by atomic mass is 10.1. The topological polar surface area (TPSA) is 55.3 Å². The fraction of sp³-hybridized carbons (Fsp3) is 0.667. The molecule has 1 unspecified atom stereocenters. The summed E-state index contributed by atoms with van der Waals surface area (Å²) < 4.78 is 7.20. The average Bonchev–Trinajstić information content (AvgIpc) is 2.95. The number of methoxy groups -OCH3 is 1. The Kier molecular flexibility index (Phi) is 5.61. The molecule has 1 aromatic rings.